The van der Waals surface area contributed by atoms with Crippen molar-refractivity contribution in [1.82, 2.24) is 0 Å². The summed E-state index contributed by atoms with van der Waals surface area (Å²) in [6, 6.07) is 1.01. The summed E-state index contributed by atoms with van der Waals surface area (Å²) in [7, 11) is 2.33. The van der Waals surface area contributed by atoms with Crippen LogP contribution in [0.3, 0.4) is 0 Å². The summed E-state index contributed by atoms with van der Waals surface area (Å²) in [5.41, 5.74) is 0. The molecule has 0 aromatic carbocycles. The minimum Gasteiger partial charge on any atom is -0.328 e. The average Bonchev–Trinajstić information content (AvgIpc) is 2.19. The Morgan fingerprint density at radius 2 is 1.71 bits per heavy atom. The molecule has 0 aromatic heterocycles. The highest BCUT2D eigenvalue weighted by atomic mass is 15.3. The van der Waals surface area contributed by atoms with E-state index in [1.807, 2.05) is 4.90 Å². The maximum absolute atomic E-state index is 2.44. The monoisotopic (exact) mass is 198 g/mol. The lowest BCUT2D eigenvalue weighted by Crippen LogP contribution is -3.28. The van der Waals surface area contributed by atoms with Crippen molar-refractivity contribution < 1.29 is 9.80 Å². The Morgan fingerprint density at radius 1 is 1.00 bits per heavy atom. The van der Waals surface area contributed by atoms with Crippen LogP contribution in [0.4, 0.5) is 0 Å². The lowest BCUT2D eigenvalue weighted by atomic mass is 9.86. The van der Waals surface area contributed by atoms with Crippen molar-refractivity contribution in [2.45, 2.75) is 38.6 Å². The van der Waals surface area contributed by atoms with Gasteiger partial charge < -0.3 is 9.80 Å². The van der Waals surface area contributed by atoms with Crippen molar-refractivity contribution >= 4 is 0 Å². The highest BCUT2D eigenvalue weighted by Gasteiger charge is 2.30. The number of rotatable bonds is 1. The Bertz CT molecular complexity index is 173. The third-order valence-corrected chi connectivity index (χ3v) is 4.26. The van der Waals surface area contributed by atoms with Gasteiger partial charge >= 0.3 is 0 Å². The summed E-state index contributed by atoms with van der Waals surface area (Å²) < 4.78 is 0. The van der Waals surface area contributed by atoms with E-state index in [0.717, 1.165) is 12.0 Å². The Hall–Kier alpha value is -0.0800. The van der Waals surface area contributed by atoms with E-state index < -0.39 is 0 Å². The summed E-state index contributed by atoms with van der Waals surface area (Å²) in [4.78, 5) is 3.65. The van der Waals surface area contributed by atoms with Crippen molar-refractivity contribution in [3.8, 4) is 0 Å². The van der Waals surface area contributed by atoms with Gasteiger partial charge in [0.05, 0.1) is 13.1 Å². The maximum atomic E-state index is 2.44. The first-order valence-electron chi connectivity index (χ1n) is 6.41. The average molecular weight is 198 g/mol. The van der Waals surface area contributed by atoms with Crippen LogP contribution in [-0.4, -0.2) is 39.3 Å². The molecule has 2 atom stereocenters. The van der Waals surface area contributed by atoms with Gasteiger partial charge in [-0.25, -0.2) is 0 Å². The summed E-state index contributed by atoms with van der Waals surface area (Å²) >= 11 is 0. The zero-order valence-electron chi connectivity index (χ0n) is 9.81. The number of likely N-dealkylation sites (N-methyl/N-ethyl adjacent to an activating group) is 1. The van der Waals surface area contributed by atoms with E-state index in [2.05, 4.69) is 14.0 Å². The third kappa shape index (κ3) is 2.48. The van der Waals surface area contributed by atoms with E-state index in [0.29, 0.717) is 0 Å². The van der Waals surface area contributed by atoms with E-state index in [4.69, 9.17) is 0 Å². The number of piperazine rings is 1. The highest BCUT2D eigenvalue weighted by Crippen LogP contribution is 2.21. The summed E-state index contributed by atoms with van der Waals surface area (Å²) in [5.74, 6) is 0.994. The second-order valence-electron chi connectivity index (χ2n) is 5.58. The van der Waals surface area contributed by atoms with Gasteiger partial charge in [0.15, 0.2) is 0 Å². The quantitative estimate of drug-likeness (QED) is 0.534. The van der Waals surface area contributed by atoms with Crippen LogP contribution in [0.15, 0.2) is 0 Å². The van der Waals surface area contributed by atoms with Gasteiger partial charge in [-0.3, -0.25) is 0 Å². The molecule has 0 amide bonds. The molecule has 82 valence electrons. The van der Waals surface area contributed by atoms with Crippen LogP contribution < -0.4 is 9.80 Å². The first-order chi connectivity index (χ1) is 6.75. The molecular weight excluding hydrogens is 172 g/mol. The Morgan fingerprint density at radius 3 is 2.36 bits per heavy atom. The van der Waals surface area contributed by atoms with Crippen molar-refractivity contribution in [3.05, 3.63) is 0 Å². The lowest BCUT2D eigenvalue weighted by molar-refractivity contribution is -1.02. The Labute approximate surface area is 88.3 Å². The molecule has 2 rings (SSSR count). The van der Waals surface area contributed by atoms with Crippen LogP contribution in [0, 0.1) is 5.92 Å². The first-order valence-corrected chi connectivity index (χ1v) is 6.41. The van der Waals surface area contributed by atoms with Crippen LogP contribution in [0.5, 0.6) is 0 Å². The highest BCUT2D eigenvalue weighted by molar-refractivity contribution is 4.69. The molecule has 14 heavy (non-hydrogen) atoms. The van der Waals surface area contributed by atoms with Crippen LogP contribution in [0.2, 0.25) is 0 Å². The molecule has 0 spiro atoms. The molecule has 0 bridgehead atoms. The molecule has 0 aromatic rings. The Balaban J connectivity index is 1.82. The predicted molar refractivity (Wildman–Crippen MR) is 58.7 cm³/mol. The SMILES string of the molecule is C[C@H]1CCC[C@@H]([NH+]2CC[NH+](C)CC2)C1. The minimum atomic E-state index is 0.994. The molecule has 2 heteroatoms. The van der Waals surface area contributed by atoms with Crippen molar-refractivity contribution in [2.24, 2.45) is 5.92 Å². The van der Waals surface area contributed by atoms with Crippen molar-refractivity contribution in [3.63, 3.8) is 0 Å². The standard InChI is InChI=1S/C12H24N2/c1-11-4-3-5-12(10-11)14-8-6-13(2)7-9-14/h11-12H,3-10H2,1-2H3/p+2/t11-,12+/m0/s1. The van der Waals surface area contributed by atoms with E-state index >= 15 is 0 Å². The number of hydrogen-bond donors (Lipinski definition) is 2. The van der Waals surface area contributed by atoms with E-state index in [-0.39, 0.29) is 0 Å². The van der Waals surface area contributed by atoms with E-state index in [1.54, 1.807) is 4.90 Å². The lowest BCUT2D eigenvalue weighted by Gasteiger charge is -2.36. The largest absolute Gasteiger partial charge is 0.328 e. The van der Waals surface area contributed by atoms with Gasteiger partial charge in [0.1, 0.15) is 26.2 Å². The van der Waals surface area contributed by atoms with Crippen molar-refractivity contribution in [2.75, 3.05) is 33.2 Å². The molecule has 1 aliphatic carbocycles. The number of hydrogen-bond acceptors (Lipinski definition) is 0. The smallest absolute Gasteiger partial charge is 0.127 e. The van der Waals surface area contributed by atoms with Crippen LogP contribution in [0.25, 0.3) is 0 Å². The normalized spacial score (nSPS) is 45.0. The summed E-state index contributed by atoms with van der Waals surface area (Å²) in [6.45, 7) is 8.06. The molecule has 2 aliphatic rings. The number of quaternary nitrogens is 2. The molecule has 2 N–H and O–H groups in total. The van der Waals surface area contributed by atoms with E-state index in [1.165, 1.54) is 51.9 Å². The maximum Gasteiger partial charge on any atom is 0.127 e. The molecule has 2 nitrogen and oxygen atoms in total. The van der Waals surface area contributed by atoms with Gasteiger partial charge in [0, 0.05) is 6.42 Å². The second kappa shape index (κ2) is 4.63. The van der Waals surface area contributed by atoms with E-state index in [9.17, 15) is 0 Å². The molecule has 1 saturated heterocycles. The summed E-state index contributed by atoms with van der Waals surface area (Å²) in [5, 5.41) is 0. The molecule has 1 saturated carbocycles. The zero-order valence-corrected chi connectivity index (χ0v) is 9.81. The molecule has 1 aliphatic heterocycles. The zero-order chi connectivity index (χ0) is 9.97. The summed E-state index contributed by atoms with van der Waals surface area (Å²) in [6.07, 6.45) is 5.96. The fraction of sp³-hybridized carbons (Fsp3) is 1.00. The minimum absolute atomic E-state index is 0.994. The van der Waals surface area contributed by atoms with Gasteiger partial charge in [0.25, 0.3) is 0 Å². The first kappa shape index (κ1) is 10.4. The fourth-order valence-corrected chi connectivity index (χ4v) is 3.21. The molecule has 0 radical (unpaired) electrons. The van der Waals surface area contributed by atoms with Crippen LogP contribution >= 0.6 is 0 Å². The van der Waals surface area contributed by atoms with Gasteiger partial charge in [-0.1, -0.05) is 13.3 Å². The predicted octanol–water partition coefficient (Wildman–Crippen LogP) is -1.02. The Kier molecular flexibility index (Phi) is 3.45. The van der Waals surface area contributed by atoms with Crippen molar-refractivity contribution in [1.29, 1.82) is 0 Å². The molecule has 2 fully saturated rings. The number of nitrogens with one attached hydrogen (secondary N) is 2. The van der Waals surface area contributed by atoms with Crippen LogP contribution in [-0.2, 0) is 0 Å². The van der Waals surface area contributed by atoms with Gasteiger partial charge in [-0.05, 0) is 18.8 Å². The van der Waals surface area contributed by atoms with Gasteiger partial charge in [-0.2, -0.15) is 0 Å². The molecule has 0 unspecified atom stereocenters. The molecular formula is C12H26N2+2. The second-order valence-corrected chi connectivity index (χ2v) is 5.58. The molecule has 1 heterocycles. The van der Waals surface area contributed by atoms with Gasteiger partial charge in [0.2, 0.25) is 0 Å². The fourth-order valence-electron chi connectivity index (χ4n) is 3.21. The van der Waals surface area contributed by atoms with Gasteiger partial charge in [-0.15, -0.1) is 0 Å². The topological polar surface area (TPSA) is 8.88 Å². The third-order valence-electron chi connectivity index (χ3n) is 4.26. The van der Waals surface area contributed by atoms with Crippen LogP contribution in [0.1, 0.15) is 32.6 Å².